The largest absolute Gasteiger partial charge is 0.462 e. The maximum atomic E-state index is 13.3. The van der Waals surface area contributed by atoms with Crippen molar-refractivity contribution in [2.45, 2.75) is 25.7 Å². The molecule has 0 fully saturated rings. The van der Waals surface area contributed by atoms with Crippen molar-refractivity contribution in [2.24, 2.45) is 0 Å². The number of carbonyl (C=O) groups excluding carboxylic acids is 4. The second kappa shape index (κ2) is 12.7. The molecule has 0 saturated carbocycles. The number of sulfonamides is 1. The Kier molecular flexibility index (Phi) is 9.67. The van der Waals surface area contributed by atoms with Crippen LogP contribution in [0.3, 0.4) is 0 Å². The predicted molar refractivity (Wildman–Crippen MR) is 146 cm³/mol. The third-order valence-corrected chi connectivity index (χ3v) is 7.91. The molecule has 0 saturated heterocycles. The smallest absolute Gasteiger partial charge is 0.414 e. The van der Waals surface area contributed by atoms with Gasteiger partial charge in [-0.05, 0) is 62.7 Å². The van der Waals surface area contributed by atoms with Crippen LogP contribution in [0.5, 0.6) is 0 Å². The summed E-state index contributed by atoms with van der Waals surface area (Å²) in [4.78, 5) is 50.5. The molecule has 0 unspecified atom stereocenters. The molecular formula is C25H24ClN3O8S2. The molecule has 11 nitrogen and oxygen atoms in total. The number of para-hydroxylation sites is 1. The Morgan fingerprint density at radius 3 is 2.21 bits per heavy atom. The molecule has 2 aromatic carbocycles. The van der Waals surface area contributed by atoms with Gasteiger partial charge in [-0.1, -0.05) is 23.7 Å². The van der Waals surface area contributed by atoms with Crippen LogP contribution in [0.2, 0.25) is 5.02 Å². The monoisotopic (exact) mass is 593 g/mol. The zero-order valence-corrected chi connectivity index (χ0v) is 23.4. The lowest BCUT2D eigenvalue weighted by atomic mass is 10.1. The van der Waals surface area contributed by atoms with E-state index in [1.54, 1.807) is 13.8 Å². The summed E-state index contributed by atoms with van der Waals surface area (Å²) < 4.78 is 38.0. The van der Waals surface area contributed by atoms with Crippen LogP contribution in [0.25, 0.3) is 0 Å². The molecule has 0 bridgehead atoms. The highest BCUT2D eigenvalue weighted by atomic mass is 35.5. The number of rotatable bonds is 9. The number of halogens is 1. The van der Waals surface area contributed by atoms with Gasteiger partial charge in [-0.2, -0.15) is 0 Å². The summed E-state index contributed by atoms with van der Waals surface area (Å²) in [5.74, 6) is -2.42. The number of amides is 3. The molecule has 206 valence electrons. The standard InChI is InChI=1S/C25H24ClN3O8S2/c1-4-36-24(32)20-14(3)19(22(31)28-25(33)37-5-2)23(38-20)27-21(30)17-8-6-7-9-18(17)29-39(34,35)16-12-10-15(26)11-13-16/h6-13,29H,4-5H2,1-3H3,(H,27,30)(H,28,31,33). The molecule has 0 aliphatic rings. The van der Waals surface area contributed by atoms with E-state index in [0.717, 1.165) is 11.3 Å². The van der Waals surface area contributed by atoms with Crippen molar-refractivity contribution in [1.29, 1.82) is 0 Å². The van der Waals surface area contributed by atoms with E-state index < -0.39 is 33.9 Å². The van der Waals surface area contributed by atoms with Crippen molar-refractivity contribution in [3.63, 3.8) is 0 Å². The van der Waals surface area contributed by atoms with Crippen LogP contribution in [0.4, 0.5) is 15.5 Å². The first kappa shape index (κ1) is 29.6. The van der Waals surface area contributed by atoms with Gasteiger partial charge in [0.2, 0.25) is 0 Å². The fourth-order valence-corrected chi connectivity index (χ4v) is 5.65. The quantitative estimate of drug-likeness (QED) is 0.298. The molecule has 0 aliphatic carbocycles. The number of benzene rings is 2. The summed E-state index contributed by atoms with van der Waals surface area (Å²) in [6.07, 6.45) is -1.01. The van der Waals surface area contributed by atoms with Gasteiger partial charge in [-0.3, -0.25) is 19.6 Å². The Labute approximate surface area is 233 Å². The molecule has 3 aromatic rings. The van der Waals surface area contributed by atoms with Crippen LogP contribution in [-0.2, 0) is 19.5 Å². The summed E-state index contributed by atoms with van der Waals surface area (Å²) in [6, 6.07) is 11.3. The van der Waals surface area contributed by atoms with Crippen LogP contribution in [-0.4, -0.2) is 45.5 Å². The maximum absolute atomic E-state index is 13.3. The average Bonchev–Trinajstić information content (AvgIpc) is 3.20. The van der Waals surface area contributed by atoms with Gasteiger partial charge in [0.25, 0.3) is 21.8 Å². The minimum atomic E-state index is -4.08. The van der Waals surface area contributed by atoms with E-state index in [4.69, 9.17) is 21.1 Å². The van der Waals surface area contributed by atoms with Crippen LogP contribution in [0.1, 0.15) is 49.8 Å². The number of thiophene rings is 1. The zero-order valence-electron chi connectivity index (χ0n) is 21.0. The highest BCUT2D eigenvalue weighted by Crippen LogP contribution is 2.34. The van der Waals surface area contributed by atoms with Gasteiger partial charge in [0.05, 0.1) is 34.9 Å². The summed E-state index contributed by atoms with van der Waals surface area (Å²) >= 11 is 6.62. The predicted octanol–water partition coefficient (Wildman–Crippen LogP) is 4.83. The van der Waals surface area contributed by atoms with E-state index >= 15 is 0 Å². The molecule has 3 amide bonds. The molecule has 39 heavy (non-hydrogen) atoms. The van der Waals surface area contributed by atoms with E-state index in [9.17, 15) is 27.6 Å². The minimum absolute atomic E-state index is 0.0160. The van der Waals surface area contributed by atoms with Crippen molar-refractivity contribution in [3.05, 3.63) is 75.1 Å². The van der Waals surface area contributed by atoms with Gasteiger partial charge < -0.3 is 14.8 Å². The SMILES string of the molecule is CCOC(=O)NC(=O)c1c(NC(=O)c2ccccc2NS(=O)(=O)c2ccc(Cl)cc2)sc(C(=O)OCC)c1C. The first-order chi connectivity index (χ1) is 18.5. The van der Waals surface area contributed by atoms with E-state index in [-0.39, 0.29) is 50.4 Å². The number of imide groups is 1. The van der Waals surface area contributed by atoms with E-state index in [1.165, 1.54) is 55.5 Å². The highest BCUT2D eigenvalue weighted by Gasteiger charge is 2.28. The number of esters is 1. The first-order valence-electron chi connectivity index (χ1n) is 11.5. The molecule has 0 atom stereocenters. The summed E-state index contributed by atoms with van der Waals surface area (Å²) in [5, 5.41) is 4.89. The molecule has 1 aromatic heterocycles. The number of carbonyl (C=O) groups is 4. The van der Waals surface area contributed by atoms with Crippen molar-refractivity contribution in [3.8, 4) is 0 Å². The minimum Gasteiger partial charge on any atom is -0.462 e. The van der Waals surface area contributed by atoms with Gasteiger partial charge in [0.1, 0.15) is 9.88 Å². The number of hydrogen-bond acceptors (Lipinski definition) is 9. The molecule has 3 rings (SSSR count). The van der Waals surface area contributed by atoms with E-state index in [2.05, 4.69) is 10.0 Å². The number of nitrogens with one attached hydrogen (secondary N) is 3. The zero-order chi connectivity index (χ0) is 28.7. The Morgan fingerprint density at radius 2 is 1.56 bits per heavy atom. The Bertz CT molecular complexity index is 1520. The van der Waals surface area contributed by atoms with E-state index in [0.29, 0.717) is 5.02 Å². The first-order valence-corrected chi connectivity index (χ1v) is 14.1. The van der Waals surface area contributed by atoms with Gasteiger partial charge in [0.15, 0.2) is 0 Å². The van der Waals surface area contributed by atoms with Gasteiger partial charge in [-0.15, -0.1) is 11.3 Å². The lowest BCUT2D eigenvalue weighted by Crippen LogP contribution is -2.32. The van der Waals surface area contributed by atoms with Crippen LogP contribution in [0.15, 0.2) is 53.4 Å². The van der Waals surface area contributed by atoms with Crippen molar-refractivity contribution in [2.75, 3.05) is 23.3 Å². The number of anilines is 2. The highest BCUT2D eigenvalue weighted by molar-refractivity contribution is 7.92. The Morgan fingerprint density at radius 1 is 0.923 bits per heavy atom. The molecular weight excluding hydrogens is 570 g/mol. The van der Waals surface area contributed by atoms with Gasteiger partial charge in [0, 0.05) is 5.02 Å². The summed E-state index contributed by atoms with van der Waals surface area (Å²) in [6.45, 7) is 4.72. The molecule has 0 spiro atoms. The molecule has 0 radical (unpaired) electrons. The second-order valence-electron chi connectivity index (χ2n) is 7.71. The maximum Gasteiger partial charge on any atom is 0.414 e. The lowest BCUT2D eigenvalue weighted by molar-refractivity contribution is 0.0531. The van der Waals surface area contributed by atoms with Crippen molar-refractivity contribution in [1.82, 2.24) is 5.32 Å². The van der Waals surface area contributed by atoms with Gasteiger partial charge in [-0.25, -0.2) is 18.0 Å². The summed E-state index contributed by atoms with van der Waals surface area (Å²) in [7, 11) is -4.08. The van der Waals surface area contributed by atoms with Crippen molar-refractivity contribution < 1.29 is 37.1 Å². The number of alkyl carbamates (subject to hydrolysis) is 1. The molecule has 14 heteroatoms. The van der Waals surface area contributed by atoms with Crippen molar-refractivity contribution >= 4 is 67.5 Å². The molecule has 3 N–H and O–H groups in total. The average molecular weight is 594 g/mol. The molecule has 0 aliphatic heterocycles. The second-order valence-corrected chi connectivity index (χ2v) is 10.9. The van der Waals surface area contributed by atoms with Crippen LogP contribution >= 0.6 is 22.9 Å². The Hall–Kier alpha value is -3.94. The Balaban J connectivity index is 1.97. The number of ether oxygens (including phenoxy) is 2. The fraction of sp³-hybridized carbons (Fsp3) is 0.200. The third kappa shape index (κ3) is 7.13. The normalized spacial score (nSPS) is 10.9. The fourth-order valence-electron chi connectivity index (χ4n) is 3.35. The van der Waals surface area contributed by atoms with Crippen LogP contribution in [0, 0.1) is 6.92 Å². The van der Waals surface area contributed by atoms with Crippen LogP contribution < -0.4 is 15.4 Å². The lowest BCUT2D eigenvalue weighted by Gasteiger charge is -2.13. The topological polar surface area (TPSA) is 157 Å². The number of hydrogen-bond donors (Lipinski definition) is 3. The summed E-state index contributed by atoms with van der Waals surface area (Å²) in [5.41, 5.74) is -0.0900. The molecule has 1 heterocycles. The third-order valence-electron chi connectivity index (χ3n) is 5.09. The van der Waals surface area contributed by atoms with Gasteiger partial charge >= 0.3 is 12.1 Å². The van der Waals surface area contributed by atoms with E-state index in [1.807, 2.05) is 5.32 Å².